The Labute approximate surface area is 129 Å². The molecule has 0 fully saturated rings. The molecule has 0 saturated carbocycles. The van der Waals surface area contributed by atoms with Crippen LogP contribution < -0.4 is 11.3 Å². The van der Waals surface area contributed by atoms with Gasteiger partial charge in [-0.05, 0) is 29.5 Å². The third-order valence-electron chi connectivity index (χ3n) is 3.03. The fraction of sp³-hybridized carbons (Fsp3) is 0.462. The lowest BCUT2D eigenvalue weighted by Crippen LogP contribution is -2.30. The summed E-state index contributed by atoms with van der Waals surface area (Å²) in [5.41, 5.74) is 3.25. The van der Waals surface area contributed by atoms with E-state index in [9.17, 15) is 9.90 Å². The van der Waals surface area contributed by atoms with Gasteiger partial charge in [0.1, 0.15) is 5.75 Å². The van der Waals surface area contributed by atoms with Gasteiger partial charge in [0, 0.05) is 0 Å². The van der Waals surface area contributed by atoms with Crippen LogP contribution in [-0.2, 0) is 15.8 Å². The number of hydrazine groups is 1. The van der Waals surface area contributed by atoms with E-state index in [1.54, 1.807) is 6.07 Å². The third-order valence-corrected chi connectivity index (χ3v) is 3.03. The fourth-order valence-corrected chi connectivity index (χ4v) is 1.99. The van der Waals surface area contributed by atoms with Gasteiger partial charge < -0.3 is 5.11 Å². The maximum atomic E-state index is 11.5. The number of amides is 1. The van der Waals surface area contributed by atoms with Gasteiger partial charge in [0.25, 0.3) is 5.91 Å². The van der Waals surface area contributed by atoms with Crippen LogP contribution in [0.25, 0.3) is 0 Å². The average molecular weight is 334 g/mol. The van der Waals surface area contributed by atoms with Crippen molar-refractivity contribution < 1.29 is 27.4 Å². The number of carbonyl (C=O) groups excluding carboxylic acids is 1. The molecular weight excluding hydrogens is 312 g/mol. The number of hydrogen-bond donors (Lipinski definition) is 5. The van der Waals surface area contributed by atoms with Crippen molar-refractivity contribution in [1.82, 2.24) is 5.43 Å². The first-order valence-corrected chi connectivity index (χ1v) is 7.86. The van der Waals surface area contributed by atoms with E-state index < -0.39 is 16.3 Å². The molecule has 0 bridgehead atoms. The summed E-state index contributed by atoms with van der Waals surface area (Å²) in [4.78, 5) is 11.5. The van der Waals surface area contributed by atoms with Gasteiger partial charge in [0.15, 0.2) is 0 Å². The van der Waals surface area contributed by atoms with E-state index in [4.69, 9.17) is 23.4 Å². The number of hydrogen-bond acceptors (Lipinski definition) is 5. The van der Waals surface area contributed by atoms with Gasteiger partial charge in [-0.3, -0.25) is 19.3 Å². The summed E-state index contributed by atoms with van der Waals surface area (Å²) in [6.45, 7) is 6.36. The molecule has 126 valence electrons. The molecule has 0 radical (unpaired) electrons. The molecule has 0 spiro atoms. The van der Waals surface area contributed by atoms with Crippen LogP contribution in [-0.4, -0.2) is 28.5 Å². The molecule has 0 aliphatic carbocycles. The predicted octanol–water partition coefficient (Wildman–Crippen LogP) is 1.42. The summed E-state index contributed by atoms with van der Waals surface area (Å²) in [6, 6.07) is 5.09. The zero-order chi connectivity index (χ0) is 17.6. The summed E-state index contributed by atoms with van der Waals surface area (Å²) in [6.07, 6.45) is 2.08. The number of carbonyl (C=O) groups is 1. The minimum Gasteiger partial charge on any atom is -0.507 e. The van der Waals surface area contributed by atoms with Crippen molar-refractivity contribution in [3.05, 3.63) is 29.3 Å². The molecule has 0 aromatic heterocycles. The van der Waals surface area contributed by atoms with Crippen LogP contribution in [0.4, 0.5) is 0 Å². The first kappa shape index (κ1) is 20.3. The molecule has 0 unspecified atom stereocenters. The normalized spacial score (nSPS) is 11.4. The molecule has 1 amide bonds. The molecule has 1 rings (SSSR count). The van der Waals surface area contributed by atoms with E-state index in [2.05, 4.69) is 20.8 Å². The lowest BCUT2D eigenvalue weighted by atomic mass is 9.80. The zero-order valence-corrected chi connectivity index (χ0v) is 13.5. The molecule has 9 heteroatoms. The molecule has 0 aliphatic rings. The van der Waals surface area contributed by atoms with Gasteiger partial charge in [-0.2, -0.15) is 8.42 Å². The van der Waals surface area contributed by atoms with E-state index >= 15 is 0 Å². The van der Waals surface area contributed by atoms with Crippen molar-refractivity contribution in [3.8, 4) is 5.75 Å². The topological polar surface area (TPSA) is 150 Å². The Morgan fingerprint density at radius 2 is 1.82 bits per heavy atom. The van der Waals surface area contributed by atoms with E-state index in [1.807, 2.05) is 11.5 Å². The van der Waals surface area contributed by atoms with Crippen molar-refractivity contribution >= 4 is 16.3 Å². The smallest absolute Gasteiger partial charge is 0.394 e. The Kier molecular flexibility index (Phi) is 7.47. The Balaban J connectivity index is 0.000000763. The number of aromatic hydroxyl groups is 1. The molecule has 1 aromatic rings. The highest BCUT2D eigenvalue weighted by molar-refractivity contribution is 7.79. The number of nitrogens with one attached hydrogen (secondary N) is 1. The van der Waals surface area contributed by atoms with Gasteiger partial charge in [-0.15, -0.1) is 0 Å². The molecule has 0 saturated heterocycles. The monoisotopic (exact) mass is 334 g/mol. The van der Waals surface area contributed by atoms with E-state index in [-0.39, 0.29) is 16.7 Å². The van der Waals surface area contributed by atoms with Crippen LogP contribution >= 0.6 is 0 Å². The Hall–Kier alpha value is -1.68. The summed E-state index contributed by atoms with van der Waals surface area (Å²) in [5.74, 6) is 4.55. The molecule has 0 atom stereocenters. The number of benzene rings is 1. The second kappa shape index (κ2) is 8.08. The van der Waals surface area contributed by atoms with Crippen molar-refractivity contribution in [2.24, 2.45) is 5.84 Å². The van der Waals surface area contributed by atoms with Crippen LogP contribution in [0.5, 0.6) is 5.75 Å². The number of nitrogens with two attached hydrogens (primary N) is 1. The Bertz CT molecular complexity index is 605. The highest BCUT2D eigenvalue weighted by atomic mass is 32.3. The van der Waals surface area contributed by atoms with Crippen molar-refractivity contribution in [1.29, 1.82) is 0 Å². The SMILES string of the molecule is CCCC(C)(C)c1ccc(O)c(C(=O)NN)c1.O=S(=O)(O)O. The number of phenols is 1. The van der Waals surface area contributed by atoms with E-state index in [0.717, 1.165) is 18.4 Å². The standard InChI is InChI=1S/C13H20N2O2.H2O4S/c1-4-7-13(2,3)9-5-6-11(16)10(8-9)12(17)15-14;1-5(2,3)4/h5-6,8,16H,4,7,14H2,1-3H3,(H,15,17);(H2,1,2,3,4). The number of nitrogen functional groups attached to an aromatic ring is 1. The quantitative estimate of drug-likeness (QED) is 0.242. The first-order valence-electron chi connectivity index (χ1n) is 6.46. The maximum absolute atomic E-state index is 11.5. The molecule has 6 N–H and O–H groups in total. The van der Waals surface area contributed by atoms with E-state index in [0.29, 0.717) is 0 Å². The van der Waals surface area contributed by atoms with Crippen LogP contribution in [0.1, 0.15) is 49.5 Å². The predicted molar refractivity (Wildman–Crippen MR) is 81.9 cm³/mol. The average Bonchev–Trinajstić information content (AvgIpc) is 2.36. The van der Waals surface area contributed by atoms with Crippen LogP contribution in [0.15, 0.2) is 18.2 Å². The van der Waals surface area contributed by atoms with Crippen molar-refractivity contribution in [2.75, 3.05) is 0 Å². The summed E-state index contributed by atoms with van der Waals surface area (Å²) in [5, 5.41) is 9.62. The highest BCUT2D eigenvalue weighted by Gasteiger charge is 2.22. The lowest BCUT2D eigenvalue weighted by molar-refractivity contribution is 0.0950. The van der Waals surface area contributed by atoms with Gasteiger partial charge >= 0.3 is 10.4 Å². The fourth-order valence-electron chi connectivity index (χ4n) is 1.99. The van der Waals surface area contributed by atoms with Gasteiger partial charge in [-0.1, -0.05) is 33.3 Å². The highest BCUT2D eigenvalue weighted by Crippen LogP contribution is 2.31. The maximum Gasteiger partial charge on any atom is 0.394 e. The molecule has 22 heavy (non-hydrogen) atoms. The van der Waals surface area contributed by atoms with Crippen LogP contribution in [0, 0.1) is 0 Å². The van der Waals surface area contributed by atoms with Crippen molar-refractivity contribution in [3.63, 3.8) is 0 Å². The second-order valence-electron chi connectivity index (χ2n) is 5.29. The molecule has 1 aromatic carbocycles. The van der Waals surface area contributed by atoms with Crippen molar-refractivity contribution in [2.45, 2.75) is 39.0 Å². The molecule has 0 heterocycles. The van der Waals surface area contributed by atoms with Gasteiger partial charge in [-0.25, -0.2) is 5.84 Å². The summed E-state index contributed by atoms with van der Waals surface area (Å²) < 4.78 is 31.6. The van der Waals surface area contributed by atoms with Crippen LogP contribution in [0.2, 0.25) is 0 Å². The van der Waals surface area contributed by atoms with Crippen LogP contribution in [0.3, 0.4) is 0 Å². The second-order valence-corrected chi connectivity index (χ2v) is 6.18. The van der Waals surface area contributed by atoms with E-state index in [1.165, 1.54) is 6.07 Å². The first-order chi connectivity index (χ1) is 9.92. The van der Waals surface area contributed by atoms with Gasteiger partial charge in [0.05, 0.1) is 5.56 Å². The number of phenolic OH excluding ortho intramolecular Hbond substituents is 1. The molecular formula is C13H22N2O6S. The summed E-state index contributed by atoms with van der Waals surface area (Å²) in [7, 11) is -4.67. The molecule has 8 nitrogen and oxygen atoms in total. The third kappa shape index (κ3) is 7.36. The number of rotatable bonds is 4. The Morgan fingerprint density at radius 1 is 1.32 bits per heavy atom. The van der Waals surface area contributed by atoms with Gasteiger partial charge in [0.2, 0.25) is 0 Å². The molecule has 0 aliphatic heterocycles. The minimum atomic E-state index is -4.67. The lowest BCUT2D eigenvalue weighted by Gasteiger charge is -2.25. The zero-order valence-electron chi connectivity index (χ0n) is 12.7. The largest absolute Gasteiger partial charge is 0.507 e. The Morgan fingerprint density at radius 3 is 2.23 bits per heavy atom. The summed E-state index contributed by atoms with van der Waals surface area (Å²) >= 11 is 0. The minimum absolute atomic E-state index is 0.0217.